The Labute approximate surface area is 139 Å². The maximum absolute atomic E-state index is 13.0. The Kier molecular flexibility index (Phi) is 4.38. The number of hydrogen-bond donors (Lipinski definition) is 1. The van der Waals surface area contributed by atoms with Crippen molar-refractivity contribution in [2.45, 2.75) is 77.4 Å². The maximum atomic E-state index is 13.0. The zero-order chi connectivity index (χ0) is 17.5. The standard InChI is InChI=1S/C17H24F3N3O/c1-16(2,17(18,19)20)10-14(24)22-15-21-12-8-3-4-9-13(12)23(15)11-6-5-7-11/h11H,3-10H2,1-2H3,(H,21,22,24). The van der Waals surface area contributed by atoms with Gasteiger partial charge in [0.2, 0.25) is 11.9 Å². The van der Waals surface area contributed by atoms with E-state index in [1.807, 2.05) is 0 Å². The number of fused-ring (bicyclic) bond motifs is 1. The largest absolute Gasteiger partial charge is 0.394 e. The van der Waals surface area contributed by atoms with Crippen LogP contribution in [0.3, 0.4) is 0 Å². The van der Waals surface area contributed by atoms with Gasteiger partial charge in [-0.1, -0.05) is 13.8 Å². The number of alkyl halides is 3. The second kappa shape index (κ2) is 6.08. The molecule has 0 unspecified atom stereocenters. The van der Waals surface area contributed by atoms with Gasteiger partial charge in [-0.2, -0.15) is 13.2 Å². The van der Waals surface area contributed by atoms with Crippen molar-refractivity contribution in [2.75, 3.05) is 5.32 Å². The van der Waals surface area contributed by atoms with Gasteiger partial charge in [0.05, 0.1) is 11.1 Å². The maximum Gasteiger partial charge on any atom is 0.394 e. The smallest absolute Gasteiger partial charge is 0.311 e. The molecule has 0 spiro atoms. The molecule has 24 heavy (non-hydrogen) atoms. The van der Waals surface area contributed by atoms with Gasteiger partial charge in [0.25, 0.3) is 0 Å². The fraction of sp³-hybridized carbons (Fsp3) is 0.765. The van der Waals surface area contributed by atoms with E-state index >= 15 is 0 Å². The van der Waals surface area contributed by atoms with Crippen LogP contribution in [0.2, 0.25) is 0 Å². The van der Waals surface area contributed by atoms with Crippen LogP contribution in [-0.2, 0) is 17.6 Å². The number of hydrogen-bond acceptors (Lipinski definition) is 2. The molecule has 1 N–H and O–H groups in total. The number of nitrogens with zero attached hydrogens (tertiary/aromatic N) is 2. The van der Waals surface area contributed by atoms with Crippen molar-refractivity contribution >= 4 is 11.9 Å². The summed E-state index contributed by atoms with van der Waals surface area (Å²) in [6.45, 7) is 2.10. The SMILES string of the molecule is CC(C)(CC(=O)Nc1nc2c(n1C1CCC1)CCCC2)C(F)(F)F. The summed E-state index contributed by atoms with van der Waals surface area (Å²) in [5.41, 5.74) is 0.111. The number of rotatable bonds is 4. The highest BCUT2D eigenvalue weighted by Crippen LogP contribution is 2.41. The molecule has 0 bridgehead atoms. The highest BCUT2D eigenvalue weighted by Gasteiger charge is 2.48. The lowest BCUT2D eigenvalue weighted by Gasteiger charge is -2.31. The van der Waals surface area contributed by atoms with Crippen molar-refractivity contribution in [3.63, 3.8) is 0 Å². The summed E-state index contributed by atoms with van der Waals surface area (Å²) in [6, 6.07) is 0.324. The van der Waals surface area contributed by atoms with Crippen molar-refractivity contribution in [3.05, 3.63) is 11.4 Å². The molecule has 1 heterocycles. The van der Waals surface area contributed by atoms with E-state index < -0.39 is 23.9 Å². The zero-order valence-corrected chi connectivity index (χ0v) is 14.2. The lowest BCUT2D eigenvalue weighted by atomic mass is 9.88. The van der Waals surface area contributed by atoms with Crippen LogP contribution in [0.1, 0.15) is 69.8 Å². The van der Waals surface area contributed by atoms with E-state index in [0.29, 0.717) is 12.0 Å². The average Bonchev–Trinajstić information content (AvgIpc) is 2.73. The topological polar surface area (TPSA) is 46.9 Å². The molecule has 1 saturated carbocycles. The van der Waals surface area contributed by atoms with E-state index in [1.165, 1.54) is 0 Å². The molecule has 3 rings (SSSR count). The van der Waals surface area contributed by atoms with E-state index in [2.05, 4.69) is 14.9 Å². The second-order valence-electron chi connectivity index (χ2n) is 7.60. The third-order valence-electron chi connectivity index (χ3n) is 5.23. The molecular weight excluding hydrogens is 319 g/mol. The van der Waals surface area contributed by atoms with Crippen LogP contribution in [0.5, 0.6) is 0 Å². The Morgan fingerprint density at radius 3 is 2.46 bits per heavy atom. The fourth-order valence-electron chi connectivity index (χ4n) is 3.36. The first-order valence-corrected chi connectivity index (χ1v) is 8.65. The number of aryl methyl sites for hydroxylation is 1. The summed E-state index contributed by atoms with van der Waals surface area (Å²) >= 11 is 0. The minimum Gasteiger partial charge on any atom is -0.311 e. The van der Waals surface area contributed by atoms with E-state index in [9.17, 15) is 18.0 Å². The predicted molar refractivity (Wildman–Crippen MR) is 84.8 cm³/mol. The first-order valence-electron chi connectivity index (χ1n) is 8.65. The Balaban J connectivity index is 1.79. The van der Waals surface area contributed by atoms with E-state index in [0.717, 1.165) is 70.2 Å². The minimum atomic E-state index is -4.41. The zero-order valence-electron chi connectivity index (χ0n) is 14.2. The summed E-state index contributed by atoms with van der Waals surface area (Å²) in [5, 5.41) is 2.66. The van der Waals surface area contributed by atoms with E-state index in [-0.39, 0.29) is 0 Å². The molecule has 0 aromatic carbocycles. The number of halogens is 3. The van der Waals surface area contributed by atoms with Gasteiger partial charge in [0, 0.05) is 18.2 Å². The number of carbonyl (C=O) groups is 1. The van der Waals surface area contributed by atoms with Gasteiger partial charge in [0.15, 0.2) is 0 Å². The number of carbonyl (C=O) groups excluding carboxylic acids is 1. The average molecular weight is 343 g/mol. The predicted octanol–water partition coefficient (Wildman–Crippen LogP) is 4.40. The fourth-order valence-corrected chi connectivity index (χ4v) is 3.36. The molecule has 1 fully saturated rings. The quantitative estimate of drug-likeness (QED) is 0.880. The number of amides is 1. The summed E-state index contributed by atoms with van der Waals surface area (Å²) in [4.78, 5) is 16.7. The van der Waals surface area contributed by atoms with Crippen LogP contribution in [-0.4, -0.2) is 21.6 Å². The molecule has 4 nitrogen and oxygen atoms in total. The second-order valence-corrected chi connectivity index (χ2v) is 7.60. The molecule has 1 aromatic heterocycles. The van der Waals surface area contributed by atoms with Gasteiger partial charge >= 0.3 is 6.18 Å². The summed E-state index contributed by atoms with van der Waals surface area (Å²) < 4.78 is 41.0. The van der Waals surface area contributed by atoms with E-state index in [4.69, 9.17) is 0 Å². The molecule has 0 atom stereocenters. The molecule has 0 aliphatic heterocycles. The molecule has 0 saturated heterocycles. The summed E-state index contributed by atoms with van der Waals surface area (Å²) in [6.07, 6.45) is 2.20. The van der Waals surface area contributed by atoms with Crippen molar-refractivity contribution in [1.82, 2.24) is 9.55 Å². The van der Waals surface area contributed by atoms with Crippen molar-refractivity contribution in [2.24, 2.45) is 5.41 Å². The first kappa shape index (κ1) is 17.3. The Bertz CT molecular complexity index is 630. The lowest BCUT2D eigenvalue weighted by Crippen LogP contribution is -2.36. The summed E-state index contributed by atoms with van der Waals surface area (Å²) in [7, 11) is 0. The number of aromatic nitrogens is 2. The Hall–Kier alpha value is -1.53. The third kappa shape index (κ3) is 3.17. The van der Waals surface area contributed by atoms with Gasteiger partial charge in [-0.15, -0.1) is 0 Å². The van der Waals surface area contributed by atoms with Gasteiger partial charge in [0.1, 0.15) is 0 Å². The number of anilines is 1. The van der Waals surface area contributed by atoms with E-state index in [1.54, 1.807) is 0 Å². The molecule has 1 aromatic rings. The lowest BCUT2D eigenvalue weighted by molar-refractivity contribution is -0.213. The van der Waals surface area contributed by atoms with Crippen molar-refractivity contribution < 1.29 is 18.0 Å². The Morgan fingerprint density at radius 2 is 1.88 bits per heavy atom. The molecule has 134 valence electrons. The Morgan fingerprint density at radius 1 is 1.21 bits per heavy atom. The van der Waals surface area contributed by atoms with Crippen LogP contribution in [0.4, 0.5) is 19.1 Å². The van der Waals surface area contributed by atoms with Crippen molar-refractivity contribution in [3.8, 4) is 0 Å². The van der Waals surface area contributed by atoms with Gasteiger partial charge in [-0.3, -0.25) is 10.1 Å². The number of imidazole rings is 1. The minimum absolute atomic E-state index is 0.324. The molecule has 2 aliphatic rings. The van der Waals surface area contributed by atoms with Crippen molar-refractivity contribution in [1.29, 1.82) is 0 Å². The van der Waals surface area contributed by atoms with Gasteiger partial charge in [-0.05, 0) is 44.9 Å². The van der Waals surface area contributed by atoms with Crippen LogP contribution >= 0.6 is 0 Å². The highest BCUT2D eigenvalue weighted by molar-refractivity contribution is 5.89. The number of nitrogens with one attached hydrogen (secondary N) is 1. The van der Waals surface area contributed by atoms with Crippen LogP contribution in [0.25, 0.3) is 0 Å². The molecule has 2 aliphatic carbocycles. The summed E-state index contributed by atoms with van der Waals surface area (Å²) in [5.74, 6) is -0.185. The van der Waals surface area contributed by atoms with Crippen LogP contribution < -0.4 is 5.32 Å². The molecule has 7 heteroatoms. The molecule has 1 amide bonds. The molecular formula is C17H24F3N3O. The van der Waals surface area contributed by atoms with Gasteiger partial charge in [-0.25, -0.2) is 4.98 Å². The highest BCUT2D eigenvalue weighted by atomic mass is 19.4. The first-order chi connectivity index (χ1) is 11.2. The van der Waals surface area contributed by atoms with Gasteiger partial charge < -0.3 is 4.57 Å². The third-order valence-corrected chi connectivity index (χ3v) is 5.23. The monoisotopic (exact) mass is 343 g/mol. The van der Waals surface area contributed by atoms with Crippen LogP contribution in [0, 0.1) is 5.41 Å². The normalized spacial score (nSPS) is 18.9. The van der Waals surface area contributed by atoms with Crippen LogP contribution in [0.15, 0.2) is 0 Å². The molecule has 0 radical (unpaired) electrons.